The number of fused-ring (bicyclic) bond motifs is 1. The fraction of sp³-hybridized carbons (Fsp3) is 0.481. The van der Waals surface area contributed by atoms with Crippen molar-refractivity contribution in [2.45, 2.75) is 51.1 Å². The Balaban J connectivity index is 1.37. The molecule has 2 aliphatic heterocycles. The molecule has 1 amide bonds. The average Bonchev–Trinajstić information content (AvgIpc) is 3.36. The number of halogens is 2. The van der Waals surface area contributed by atoms with Gasteiger partial charge in [-0.05, 0) is 30.7 Å². The number of aromatic nitrogens is 4. The fourth-order valence-electron chi connectivity index (χ4n) is 5.36. The normalized spacial score (nSPS) is 21.3. The number of benzene rings is 1. The predicted octanol–water partition coefficient (Wildman–Crippen LogP) is 2.61. The van der Waals surface area contributed by atoms with Crippen LogP contribution in [0, 0.1) is 11.6 Å². The fourth-order valence-corrected chi connectivity index (χ4v) is 5.36. The number of piperazine rings is 1. The molecule has 8 nitrogen and oxygen atoms in total. The molecule has 0 spiro atoms. The third kappa shape index (κ3) is 5.26. The van der Waals surface area contributed by atoms with E-state index in [0.29, 0.717) is 23.5 Å². The average molecular weight is 510 g/mol. The highest BCUT2D eigenvalue weighted by atomic mass is 19.1. The molecule has 196 valence electrons. The second-order valence-corrected chi connectivity index (χ2v) is 10.9. The predicted molar refractivity (Wildman–Crippen MR) is 136 cm³/mol. The van der Waals surface area contributed by atoms with Gasteiger partial charge in [0.15, 0.2) is 0 Å². The van der Waals surface area contributed by atoms with Gasteiger partial charge >= 0.3 is 0 Å². The van der Waals surface area contributed by atoms with Crippen LogP contribution in [0.2, 0.25) is 0 Å². The molecule has 1 saturated heterocycles. The van der Waals surface area contributed by atoms with E-state index >= 15 is 0 Å². The van der Waals surface area contributed by atoms with Gasteiger partial charge < -0.3 is 10.2 Å². The highest BCUT2D eigenvalue weighted by Gasteiger charge is 2.41. The lowest BCUT2D eigenvalue weighted by Crippen LogP contribution is -2.58. The van der Waals surface area contributed by atoms with E-state index in [9.17, 15) is 13.6 Å². The van der Waals surface area contributed by atoms with E-state index in [1.165, 1.54) is 12.1 Å². The molecule has 0 saturated carbocycles. The summed E-state index contributed by atoms with van der Waals surface area (Å²) in [6.07, 6.45) is 2.75. The zero-order valence-corrected chi connectivity index (χ0v) is 21.7. The number of aryl methyl sites for hydroxylation is 1. The van der Waals surface area contributed by atoms with Crippen LogP contribution in [0.1, 0.15) is 43.4 Å². The lowest BCUT2D eigenvalue weighted by molar-refractivity contribution is -0.120. The number of anilines is 1. The van der Waals surface area contributed by atoms with Crippen molar-refractivity contribution in [2.75, 3.05) is 31.1 Å². The molecule has 1 N–H and O–H groups in total. The Morgan fingerprint density at radius 2 is 2.00 bits per heavy atom. The molecule has 2 aromatic heterocycles. The minimum Gasteiger partial charge on any atom is -0.311 e. The summed E-state index contributed by atoms with van der Waals surface area (Å²) in [5.74, 6) is -1.24. The Morgan fingerprint density at radius 3 is 2.73 bits per heavy atom. The molecule has 0 radical (unpaired) electrons. The number of carbonyl (C=O) groups excluding carboxylic acids is 1. The van der Waals surface area contributed by atoms with Crippen LogP contribution in [0.25, 0.3) is 0 Å². The van der Waals surface area contributed by atoms with Crippen LogP contribution < -0.4 is 10.2 Å². The molecule has 0 unspecified atom stereocenters. The summed E-state index contributed by atoms with van der Waals surface area (Å²) in [4.78, 5) is 17.8. The molecule has 10 heteroatoms. The SMILES string of the molecule is C[C@@H]1CN(CC(=O)N2CC(C)(C)c3nnc(Cc4ccc(F)cc4F)cc32)[C@@H](Cc2ccnn2C)CN1. The van der Waals surface area contributed by atoms with Gasteiger partial charge in [0.2, 0.25) is 5.91 Å². The number of amides is 1. The van der Waals surface area contributed by atoms with Gasteiger partial charge in [-0.1, -0.05) is 19.9 Å². The number of nitrogens with zero attached hydrogens (tertiary/aromatic N) is 6. The Hall–Kier alpha value is -3.24. The van der Waals surface area contributed by atoms with Gasteiger partial charge in [-0.3, -0.25) is 14.4 Å². The first-order chi connectivity index (χ1) is 17.6. The lowest BCUT2D eigenvalue weighted by atomic mass is 9.91. The second-order valence-electron chi connectivity index (χ2n) is 10.9. The molecule has 1 aromatic carbocycles. The molecule has 37 heavy (non-hydrogen) atoms. The van der Waals surface area contributed by atoms with Crippen molar-refractivity contribution >= 4 is 11.6 Å². The first-order valence-corrected chi connectivity index (χ1v) is 12.7. The van der Waals surface area contributed by atoms with Gasteiger partial charge in [0.1, 0.15) is 11.6 Å². The first-order valence-electron chi connectivity index (χ1n) is 12.7. The maximum Gasteiger partial charge on any atom is 0.241 e. The summed E-state index contributed by atoms with van der Waals surface area (Å²) in [6.45, 7) is 8.56. The molecular weight excluding hydrogens is 476 g/mol. The lowest BCUT2D eigenvalue weighted by Gasteiger charge is -2.39. The summed E-state index contributed by atoms with van der Waals surface area (Å²) in [5, 5.41) is 16.6. The van der Waals surface area contributed by atoms with Gasteiger partial charge in [0.25, 0.3) is 0 Å². The number of hydrogen-bond donors (Lipinski definition) is 1. The van der Waals surface area contributed by atoms with Gasteiger partial charge in [-0.15, -0.1) is 0 Å². The second kappa shape index (κ2) is 9.90. The van der Waals surface area contributed by atoms with E-state index in [1.54, 1.807) is 11.1 Å². The highest BCUT2D eigenvalue weighted by Crippen LogP contribution is 2.39. The Labute approximate surface area is 215 Å². The molecular formula is C27H33F2N7O. The summed E-state index contributed by atoms with van der Waals surface area (Å²) < 4.78 is 29.5. The third-order valence-corrected chi connectivity index (χ3v) is 7.43. The number of rotatable bonds is 6. The third-order valence-electron chi connectivity index (χ3n) is 7.43. The van der Waals surface area contributed by atoms with Crippen LogP contribution in [-0.2, 0) is 30.1 Å². The molecule has 0 bridgehead atoms. The summed E-state index contributed by atoms with van der Waals surface area (Å²) in [7, 11) is 1.93. The number of nitrogens with one attached hydrogen (secondary N) is 1. The maximum absolute atomic E-state index is 14.3. The van der Waals surface area contributed by atoms with Crippen molar-refractivity contribution in [3.8, 4) is 0 Å². The van der Waals surface area contributed by atoms with E-state index in [0.717, 1.165) is 37.0 Å². The van der Waals surface area contributed by atoms with E-state index in [-0.39, 0.29) is 36.4 Å². The quantitative estimate of drug-likeness (QED) is 0.551. The summed E-state index contributed by atoms with van der Waals surface area (Å²) in [5.41, 5.74) is 3.10. The smallest absolute Gasteiger partial charge is 0.241 e. The van der Waals surface area contributed by atoms with Crippen LogP contribution in [-0.4, -0.2) is 69.0 Å². The van der Waals surface area contributed by atoms with Crippen molar-refractivity contribution in [1.82, 2.24) is 30.2 Å². The van der Waals surface area contributed by atoms with Crippen molar-refractivity contribution in [3.63, 3.8) is 0 Å². The molecule has 5 rings (SSSR count). The minimum atomic E-state index is -0.622. The Kier molecular flexibility index (Phi) is 6.80. The first kappa shape index (κ1) is 25.4. The zero-order valence-electron chi connectivity index (χ0n) is 21.7. The monoisotopic (exact) mass is 509 g/mol. The van der Waals surface area contributed by atoms with Gasteiger partial charge in [-0.25, -0.2) is 8.78 Å². The van der Waals surface area contributed by atoms with E-state index < -0.39 is 11.6 Å². The molecule has 2 aliphatic rings. The number of hydrogen-bond acceptors (Lipinski definition) is 6. The van der Waals surface area contributed by atoms with Crippen molar-refractivity contribution in [2.24, 2.45) is 7.05 Å². The van der Waals surface area contributed by atoms with Crippen LogP contribution in [0.15, 0.2) is 36.5 Å². The molecule has 2 atom stereocenters. The van der Waals surface area contributed by atoms with E-state index in [4.69, 9.17) is 0 Å². The van der Waals surface area contributed by atoms with Gasteiger partial charge in [-0.2, -0.15) is 15.3 Å². The standard InChI is InChI=1S/C27H33F2N7O/c1-17-14-35(22(13-30-17)12-21-7-8-31-34(21)4)15-25(37)36-16-27(2,3)26-24(36)11-20(32-33-26)9-18-5-6-19(28)10-23(18)29/h5-8,10-11,17,22,30H,9,12-16H2,1-4H3/t17-,22+/m1/s1. The topological polar surface area (TPSA) is 79.2 Å². The Morgan fingerprint density at radius 1 is 1.19 bits per heavy atom. The van der Waals surface area contributed by atoms with Crippen molar-refractivity contribution in [1.29, 1.82) is 0 Å². The van der Waals surface area contributed by atoms with Crippen molar-refractivity contribution < 1.29 is 13.6 Å². The highest BCUT2D eigenvalue weighted by molar-refractivity contribution is 5.97. The van der Waals surface area contributed by atoms with Crippen LogP contribution in [0.4, 0.5) is 14.5 Å². The minimum absolute atomic E-state index is 0.00263. The van der Waals surface area contributed by atoms with E-state index in [1.807, 2.05) is 37.7 Å². The number of carbonyl (C=O) groups is 1. The van der Waals surface area contributed by atoms with E-state index in [2.05, 4.69) is 32.4 Å². The molecule has 3 aromatic rings. The Bertz CT molecular complexity index is 1310. The van der Waals surface area contributed by atoms with Crippen LogP contribution >= 0.6 is 0 Å². The van der Waals surface area contributed by atoms with Crippen LogP contribution in [0.5, 0.6) is 0 Å². The molecule has 4 heterocycles. The van der Waals surface area contributed by atoms with Crippen LogP contribution in [0.3, 0.4) is 0 Å². The largest absolute Gasteiger partial charge is 0.311 e. The van der Waals surface area contributed by atoms with Gasteiger partial charge in [0.05, 0.1) is 23.6 Å². The summed E-state index contributed by atoms with van der Waals surface area (Å²) >= 11 is 0. The van der Waals surface area contributed by atoms with Gasteiger partial charge in [0, 0.05) is 75.0 Å². The maximum atomic E-state index is 14.3. The molecule has 0 aliphatic carbocycles. The molecule has 1 fully saturated rings. The summed E-state index contributed by atoms with van der Waals surface area (Å²) in [6, 6.07) is 7.80. The zero-order chi connectivity index (χ0) is 26.3. The van der Waals surface area contributed by atoms with Crippen molar-refractivity contribution in [3.05, 3.63) is 70.8 Å².